The second-order valence-electron chi connectivity index (χ2n) is 6.02. The van der Waals surface area contributed by atoms with Crippen molar-refractivity contribution in [3.63, 3.8) is 0 Å². The van der Waals surface area contributed by atoms with E-state index in [9.17, 15) is 14.4 Å². The van der Waals surface area contributed by atoms with Crippen molar-refractivity contribution >= 4 is 11.6 Å². The van der Waals surface area contributed by atoms with Crippen LogP contribution >= 0.6 is 0 Å². The molecule has 29 heavy (non-hydrogen) atoms. The second kappa shape index (κ2) is 8.42. The van der Waals surface area contributed by atoms with Gasteiger partial charge >= 0.3 is 5.69 Å². The second-order valence-corrected chi connectivity index (χ2v) is 6.02. The van der Waals surface area contributed by atoms with Crippen LogP contribution in [0.15, 0.2) is 58.1 Å². The summed E-state index contributed by atoms with van der Waals surface area (Å²) in [5, 5.41) is 6.60. The van der Waals surface area contributed by atoms with Crippen LogP contribution in [0.25, 0.3) is 5.69 Å². The molecule has 0 saturated carbocycles. The lowest BCUT2D eigenvalue weighted by molar-refractivity contribution is 0.101. The van der Waals surface area contributed by atoms with Crippen molar-refractivity contribution in [3.8, 4) is 17.2 Å². The van der Waals surface area contributed by atoms with Crippen molar-refractivity contribution < 1.29 is 14.3 Å². The van der Waals surface area contributed by atoms with Crippen LogP contribution in [-0.4, -0.2) is 34.0 Å². The van der Waals surface area contributed by atoms with E-state index in [2.05, 4.69) is 10.4 Å². The predicted octanol–water partition coefficient (Wildman–Crippen LogP) is 1.59. The summed E-state index contributed by atoms with van der Waals surface area (Å²) in [6, 6.07) is 13.2. The molecule has 2 aromatic carbocycles. The fourth-order valence-electron chi connectivity index (χ4n) is 2.60. The smallest absolute Gasteiger partial charge is 0.351 e. The molecule has 0 unspecified atom stereocenters. The molecule has 3 aromatic rings. The minimum absolute atomic E-state index is 0.390. The minimum Gasteiger partial charge on any atom is -0.497 e. The lowest BCUT2D eigenvalue weighted by Gasteiger charge is -2.10. The van der Waals surface area contributed by atoms with Crippen LogP contribution in [-0.2, 0) is 7.05 Å². The van der Waals surface area contributed by atoms with Gasteiger partial charge in [0.2, 0.25) is 5.69 Å². The largest absolute Gasteiger partial charge is 0.497 e. The molecule has 9 nitrogen and oxygen atoms in total. The van der Waals surface area contributed by atoms with Crippen molar-refractivity contribution in [2.24, 2.45) is 7.05 Å². The van der Waals surface area contributed by atoms with Crippen molar-refractivity contribution in [2.45, 2.75) is 6.92 Å². The summed E-state index contributed by atoms with van der Waals surface area (Å²) in [6.07, 6.45) is 0. The van der Waals surface area contributed by atoms with Gasteiger partial charge in [-0.05, 0) is 55.5 Å². The number of amides is 1. The first-order valence-corrected chi connectivity index (χ1v) is 8.83. The van der Waals surface area contributed by atoms with Gasteiger partial charge in [-0.3, -0.25) is 14.2 Å². The molecule has 0 aliphatic heterocycles. The molecular weight excluding hydrogens is 376 g/mol. The fourth-order valence-corrected chi connectivity index (χ4v) is 2.60. The molecule has 0 aliphatic rings. The lowest BCUT2D eigenvalue weighted by atomic mass is 10.3. The number of nitrogens with zero attached hydrogens (tertiary/aromatic N) is 3. The Hall–Kier alpha value is -3.88. The maximum Gasteiger partial charge on any atom is 0.351 e. The van der Waals surface area contributed by atoms with Gasteiger partial charge in [0.05, 0.1) is 19.4 Å². The average molecular weight is 396 g/mol. The molecule has 9 heteroatoms. The van der Waals surface area contributed by atoms with Gasteiger partial charge in [-0.25, -0.2) is 4.79 Å². The number of nitrogens with one attached hydrogen (secondary N) is 1. The molecule has 1 amide bonds. The van der Waals surface area contributed by atoms with Crippen LogP contribution in [0, 0.1) is 0 Å². The zero-order chi connectivity index (χ0) is 21.0. The first kappa shape index (κ1) is 19.9. The van der Waals surface area contributed by atoms with E-state index in [1.807, 2.05) is 6.92 Å². The Labute approximate surface area is 166 Å². The van der Waals surface area contributed by atoms with Crippen LogP contribution in [0.2, 0.25) is 0 Å². The number of ether oxygens (including phenoxy) is 2. The SMILES string of the molecule is CCOc1ccc(NC(=O)c2nn(-c3ccc(OC)cc3)c(=O)n(C)c2=O)cc1. The van der Waals surface area contributed by atoms with Gasteiger partial charge in [0, 0.05) is 12.7 Å². The monoisotopic (exact) mass is 396 g/mol. The quantitative estimate of drug-likeness (QED) is 0.679. The number of methoxy groups -OCH3 is 1. The summed E-state index contributed by atoms with van der Waals surface area (Å²) in [7, 11) is 2.81. The van der Waals surface area contributed by atoms with Crippen LogP contribution in [0.1, 0.15) is 17.4 Å². The van der Waals surface area contributed by atoms with E-state index in [1.165, 1.54) is 14.2 Å². The summed E-state index contributed by atoms with van der Waals surface area (Å²) in [6.45, 7) is 2.40. The first-order chi connectivity index (χ1) is 13.9. The highest BCUT2D eigenvalue weighted by atomic mass is 16.5. The predicted molar refractivity (Wildman–Crippen MR) is 107 cm³/mol. The Kier molecular flexibility index (Phi) is 5.77. The van der Waals surface area contributed by atoms with E-state index >= 15 is 0 Å². The maximum absolute atomic E-state index is 12.6. The molecule has 0 fully saturated rings. The molecule has 0 aliphatic carbocycles. The van der Waals surface area contributed by atoms with Gasteiger partial charge in [-0.2, -0.15) is 9.78 Å². The summed E-state index contributed by atoms with van der Waals surface area (Å²) in [4.78, 5) is 37.5. The van der Waals surface area contributed by atoms with E-state index in [-0.39, 0.29) is 0 Å². The Bertz CT molecular complexity index is 1130. The Morgan fingerprint density at radius 2 is 1.66 bits per heavy atom. The van der Waals surface area contributed by atoms with E-state index < -0.39 is 22.9 Å². The van der Waals surface area contributed by atoms with Crippen LogP contribution in [0.4, 0.5) is 5.69 Å². The summed E-state index contributed by atoms with van der Waals surface area (Å²) >= 11 is 0. The standard InChI is InChI=1S/C20H20N4O5/c1-4-29-16-9-5-13(6-10-16)21-18(25)17-19(26)23(2)20(27)24(22-17)14-7-11-15(28-3)12-8-14/h5-12H,4H2,1-3H3,(H,21,25). The maximum atomic E-state index is 12.6. The number of carbonyl (C=O) groups is 1. The van der Waals surface area contributed by atoms with E-state index in [0.717, 1.165) is 9.25 Å². The first-order valence-electron chi connectivity index (χ1n) is 8.83. The van der Waals surface area contributed by atoms with E-state index in [0.29, 0.717) is 29.5 Å². The molecule has 0 atom stereocenters. The molecule has 0 radical (unpaired) electrons. The summed E-state index contributed by atoms with van der Waals surface area (Å²) in [5.41, 5.74) is -1.01. The van der Waals surface area contributed by atoms with Crippen molar-refractivity contribution in [1.29, 1.82) is 0 Å². The van der Waals surface area contributed by atoms with Crippen molar-refractivity contribution in [3.05, 3.63) is 75.1 Å². The van der Waals surface area contributed by atoms with Gasteiger partial charge < -0.3 is 14.8 Å². The third-order valence-corrected chi connectivity index (χ3v) is 4.13. The molecule has 1 heterocycles. The van der Waals surface area contributed by atoms with Crippen LogP contribution < -0.4 is 26.0 Å². The minimum atomic E-state index is -0.789. The Morgan fingerprint density at radius 1 is 1.03 bits per heavy atom. The summed E-state index contributed by atoms with van der Waals surface area (Å²) in [5.74, 6) is 0.532. The Morgan fingerprint density at radius 3 is 2.24 bits per heavy atom. The number of anilines is 1. The molecule has 150 valence electrons. The third-order valence-electron chi connectivity index (χ3n) is 4.13. The third kappa shape index (κ3) is 4.18. The highest BCUT2D eigenvalue weighted by molar-refractivity contribution is 6.02. The molecule has 3 rings (SSSR count). The lowest BCUT2D eigenvalue weighted by Crippen LogP contribution is -2.43. The number of rotatable bonds is 6. The molecule has 0 saturated heterocycles. The van der Waals surface area contributed by atoms with Gasteiger partial charge in [-0.15, -0.1) is 0 Å². The topological polar surface area (TPSA) is 104 Å². The molecule has 1 aromatic heterocycles. The Balaban J connectivity index is 1.95. The van der Waals surface area contributed by atoms with Gasteiger partial charge in [0.15, 0.2) is 0 Å². The number of hydrogen-bond donors (Lipinski definition) is 1. The number of aromatic nitrogens is 3. The van der Waals surface area contributed by atoms with Crippen molar-refractivity contribution in [2.75, 3.05) is 19.0 Å². The van der Waals surface area contributed by atoms with Crippen molar-refractivity contribution in [1.82, 2.24) is 14.3 Å². The molecule has 0 spiro atoms. The average Bonchev–Trinajstić information content (AvgIpc) is 2.74. The summed E-state index contributed by atoms with van der Waals surface area (Å²) < 4.78 is 12.3. The fraction of sp³-hybridized carbons (Fsp3) is 0.200. The number of carbonyl (C=O) groups excluding carboxylic acids is 1. The highest BCUT2D eigenvalue weighted by Gasteiger charge is 2.19. The number of benzene rings is 2. The normalized spacial score (nSPS) is 10.4. The zero-order valence-corrected chi connectivity index (χ0v) is 16.2. The zero-order valence-electron chi connectivity index (χ0n) is 16.2. The van der Waals surface area contributed by atoms with Gasteiger partial charge in [0.25, 0.3) is 11.5 Å². The molecule has 0 bridgehead atoms. The van der Waals surface area contributed by atoms with Crippen LogP contribution in [0.3, 0.4) is 0 Å². The van der Waals surface area contributed by atoms with Gasteiger partial charge in [0.1, 0.15) is 11.5 Å². The van der Waals surface area contributed by atoms with Gasteiger partial charge in [-0.1, -0.05) is 0 Å². The van der Waals surface area contributed by atoms with E-state index in [4.69, 9.17) is 9.47 Å². The van der Waals surface area contributed by atoms with Crippen LogP contribution in [0.5, 0.6) is 11.5 Å². The highest BCUT2D eigenvalue weighted by Crippen LogP contribution is 2.16. The molecule has 1 N–H and O–H groups in total. The van der Waals surface area contributed by atoms with E-state index in [1.54, 1.807) is 48.5 Å². The molecular formula is C20H20N4O5. The number of hydrogen-bond acceptors (Lipinski definition) is 6.